The van der Waals surface area contributed by atoms with Crippen LogP contribution in [-0.4, -0.2) is 29.9 Å². The fourth-order valence-electron chi connectivity index (χ4n) is 13.6. The molecule has 6 heteroatoms. The van der Waals surface area contributed by atoms with Gasteiger partial charge in [0.1, 0.15) is 0 Å². The Balaban J connectivity index is 0.000000150. The third-order valence-corrected chi connectivity index (χ3v) is 18.7. The number of benzene rings is 14. The number of para-hydroxylation sites is 2. The lowest BCUT2D eigenvalue weighted by atomic mass is 9.91. The highest BCUT2D eigenvalue weighted by molar-refractivity contribution is 6.07. The molecule has 0 aliphatic rings. The van der Waals surface area contributed by atoms with E-state index in [0.717, 1.165) is 123 Å². The van der Waals surface area contributed by atoms with E-state index in [1.54, 1.807) is 0 Å². The zero-order valence-electron chi connectivity index (χ0n) is 54.5. The number of hydrogen-bond donors (Lipinski definition) is 0. The van der Waals surface area contributed by atoms with E-state index in [1.165, 1.54) is 54.9 Å². The van der Waals surface area contributed by atoms with Crippen molar-refractivity contribution >= 4 is 43.4 Å². The van der Waals surface area contributed by atoms with Gasteiger partial charge in [-0.1, -0.05) is 334 Å². The zero-order chi connectivity index (χ0) is 66.6. The van der Waals surface area contributed by atoms with E-state index in [-0.39, 0.29) is 0 Å². The first kappa shape index (κ1) is 60.3. The molecule has 468 valence electrons. The van der Waals surface area contributed by atoms with E-state index in [4.69, 9.17) is 19.9 Å². The fourth-order valence-corrected chi connectivity index (χ4v) is 13.6. The maximum atomic E-state index is 5.02. The SMILES string of the molecule is c1ccc(-c2cc(-c3ccc(-c4ccc(-c5ccc(-c6cccc7cccnc67)cc5)c5ccccc45)cc3)nc(-c3ccccc3)n2)cc1.c1ccc(-c2cc(-c3ccc(-c4ccc(-c5ccc(-c6cnc7ccccc7c6)cc5)c5ccccc45)cc3)nc(-c3ccccc3)n2)cc1. The Morgan fingerprint density at radius 1 is 0.180 bits per heavy atom. The lowest BCUT2D eigenvalue weighted by Gasteiger charge is -2.14. The number of fused-ring (bicyclic) bond motifs is 4. The molecule has 0 amide bonds. The molecule has 0 aliphatic carbocycles. The Morgan fingerprint density at radius 3 is 0.920 bits per heavy atom. The summed E-state index contributed by atoms with van der Waals surface area (Å²) < 4.78 is 0. The summed E-state index contributed by atoms with van der Waals surface area (Å²) in [5.41, 5.74) is 26.0. The molecule has 0 aliphatic heterocycles. The standard InChI is InChI=1S/2C47H31N3/c1-3-11-35(12-4-1)45-30-46(50-47(49-45)37-13-5-2-6-14-37)36-25-23-34(24-26-36)41-28-27-40(42-16-8-9-17-43(41)42)33-21-19-32(20-22-33)39-29-38-15-7-10-18-44(38)48-31-39;1-3-11-35(12-4-1)44-31-45(50-47(49-44)38-13-5-2-6-14-38)36-26-24-33(25-27-36)40-29-28-39(42-17-7-8-18-43(40)42)32-20-22-34(23-21-32)41-19-9-15-37-16-10-30-48-46(37)41/h2*1-31H. The molecule has 4 aromatic heterocycles. The number of hydrogen-bond acceptors (Lipinski definition) is 6. The lowest BCUT2D eigenvalue weighted by molar-refractivity contribution is 1.18. The van der Waals surface area contributed by atoms with Crippen LogP contribution >= 0.6 is 0 Å². The maximum absolute atomic E-state index is 5.02. The minimum Gasteiger partial charge on any atom is -0.256 e. The summed E-state index contributed by atoms with van der Waals surface area (Å²) in [5.74, 6) is 1.43. The zero-order valence-corrected chi connectivity index (χ0v) is 54.5. The van der Waals surface area contributed by atoms with Gasteiger partial charge >= 0.3 is 0 Å². The highest BCUT2D eigenvalue weighted by Crippen LogP contribution is 2.41. The minimum absolute atomic E-state index is 0.717. The maximum Gasteiger partial charge on any atom is 0.160 e. The number of pyridine rings is 2. The number of aromatic nitrogens is 6. The summed E-state index contributed by atoms with van der Waals surface area (Å²) in [6.45, 7) is 0. The van der Waals surface area contributed by atoms with Gasteiger partial charge < -0.3 is 0 Å². The van der Waals surface area contributed by atoms with Gasteiger partial charge in [0, 0.05) is 67.7 Å². The predicted molar refractivity (Wildman–Crippen MR) is 415 cm³/mol. The molecule has 4 heterocycles. The van der Waals surface area contributed by atoms with Crippen LogP contribution in [0.3, 0.4) is 0 Å². The van der Waals surface area contributed by atoms with Crippen molar-refractivity contribution in [3.63, 3.8) is 0 Å². The van der Waals surface area contributed by atoms with E-state index < -0.39 is 0 Å². The molecule has 0 spiro atoms. The molecule has 0 fully saturated rings. The van der Waals surface area contributed by atoms with Crippen molar-refractivity contribution in [1.82, 2.24) is 29.9 Å². The molecule has 0 N–H and O–H groups in total. The average Bonchev–Trinajstić information content (AvgIpc) is 0.776. The van der Waals surface area contributed by atoms with E-state index in [0.29, 0.717) is 0 Å². The van der Waals surface area contributed by atoms with E-state index in [1.807, 2.05) is 103 Å². The summed E-state index contributed by atoms with van der Waals surface area (Å²) >= 11 is 0. The van der Waals surface area contributed by atoms with Crippen LogP contribution in [0.25, 0.3) is 178 Å². The van der Waals surface area contributed by atoms with Gasteiger partial charge in [0.05, 0.1) is 33.8 Å². The lowest BCUT2D eigenvalue weighted by Crippen LogP contribution is -1.95. The quantitative estimate of drug-likeness (QED) is 0.121. The second-order valence-corrected chi connectivity index (χ2v) is 24.9. The summed E-state index contributed by atoms with van der Waals surface area (Å²) in [4.78, 5) is 29.3. The summed E-state index contributed by atoms with van der Waals surface area (Å²) in [5, 5.41) is 7.19. The molecule has 0 atom stereocenters. The monoisotopic (exact) mass is 1270 g/mol. The molecule has 0 saturated carbocycles. The van der Waals surface area contributed by atoms with Crippen molar-refractivity contribution in [3.8, 4) is 135 Å². The van der Waals surface area contributed by atoms with Crippen molar-refractivity contribution in [2.24, 2.45) is 0 Å². The van der Waals surface area contributed by atoms with Crippen LogP contribution < -0.4 is 0 Å². The van der Waals surface area contributed by atoms with Crippen LogP contribution in [0.5, 0.6) is 0 Å². The van der Waals surface area contributed by atoms with Gasteiger partial charge in [-0.15, -0.1) is 0 Å². The van der Waals surface area contributed by atoms with Crippen molar-refractivity contribution < 1.29 is 0 Å². The van der Waals surface area contributed by atoms with Gasteiger partial charge in [-0.25, -0.2) is 19.9 Å². The molecule has 18 rings (SSSR count). The Bertz CT molecular complexity index is 5840. The van der Waals surface area contributed by atoms with Gasteiger partial charge in [0.2, 0.25) is 0 Å². The Morgan fingerprint density at radius 2 is 0.500 bits per heavy atom. The van der Waals surface area contributed by atoms with Crippen LogP contribution in [0.2, 0.25) is 0 Å². The largest absolute Gasteiger partial charge is 0.256 e. The summed E-state index contributed by atoms with van der Waals surface area (Å²) in [7, 11) is 0. The number of nitrogens with zero attached hydrogens (tertiary/aromatic N) is 6. The topological polar surface area (TPSA) is 77.3 Å². The summed E-state index contributed by atoms with van der Waals surface area (Å²) in [6.07, 6.45) is 3.82. The average molecular weight is 1280 g/mol. The van der Waals surface area contributed by atoms with Gasteiger partial charge in [-0.05, 0) is 108 Å². The van der Waals surface area contributed by atoms with E-state index in [2.05, 4.69) is 283 Å². The van der Waals surface area contributed by atoms with Crippen LogP contribution in [0.1, 0.15) is 0 Å². The smallest absolute Gasteiger partial charge is 0.160 e. The first-order valence-electron chi connectivity index (χ1n) is 33.7. The molecule has 0 bridgehead atoms. The Labute approximate surface area is 580 Å². The van der Waals surface area contributed by atoms with Crippen LogP contribution in [0.15, 0.2) is 376 Å². The Kier molecular flexibility index (Phi) is 16.3. The minimum atomic E-state index is 0.717. The molecular weight excluding hydrogens is 1210 g/mol. The van der Waals surface area contributed by atoms with Crippen LogP contribution in [-0.2, 0) is 0 Å². The van der Waals surface area contributed by atoms with Crippen molar-refractivity contribution in [3.05, 3.63) is 376 Å². The highest BCUT2D eigenvalue weighted by Gasteiger charge is 2.17. The van der Waals surface area contributed by atoms with Crippen molar-refractivity contribution in [2.75, 3.05) is 0 Å². The van der Waals surface area contributed by atoms with Gasteiger partial charge in [0.25, 0.3) is 0 Å². The van der Waals surface area contributed by atoms with E-state index in [9.17, 15) is 0 Å². The molecule has 100 heavy (non-hydrogen) atoms. The van der Waals surface area contributed by atoms with Crippen LogP contribution in [0, 0.1) is 0 Å². The molecule has 6 nitrogen and oxygen atoms in total. The molecule has 0 saturated heterocycles. The molecule has 0 radical (unpaired) electrons. The highest BCUT2D eigenvalue weighted by atomic mass is 14.9. The third kappa shape index (κ3) is 12.3. The van der Waals surface area contributed by atoms with Crippen molar-refractivity contribution in [1.29, 1.82) is 0 Å². The normalized spacial score (nSPS) is 11.2. The fraction of sp³-hybridized carbons (Fsp3) is 0. The van der Waals surface area contributed by atoms with Crippen molar-refractivity contribution in [2.45, 2.75) is 0 Å². The van der Waals surface area contributed by atoms with Gasteiger partial charge in [-0.2, -0.15) is 0 Å². The first-order chi connectivity index (χ1) is 49.5. The molecular formula is C94H62N6. The Hall–Kier alpha value is -13.4. The summed E-state index contributed by atoms with van der Waals surface area (Å²) in [6, 6.07) is 128. The molecule has 0 unspecified atom stereocenters. The first-order valence-corrected chi connectivity index (χ1v) is 33.7. The molecule has 14 aromatic carbocycles. The second kappa shape index (κ2) is 27.0. The van der Waals surface area contributed by atoms with E-state index >= 15 is 0 Å². The number of rotatable bonds is 12. The third-order valence-electron chi connectivity index (χ3n) is 18.7. The molecule has 18 aromatic rings. The van der Waals surface area contributed by atoms with Gasteiger partial charge in [0.15, 0.2) is 11.6 Å². The van der Waals surface area contributed by atoms with Gasteiger partial charge in [-0.3, -0.25) is 9.97 Å². The second-order valence-electron chi connectivity index (χ2n) is 24.9. The predicted octanol–water partition coefficient (Wildman–Crippen LogP) is 24.4. The van der Waals surface area contributed by atoms with Crippen LogP contribution in [0.4, 0.5) is 0 Å².